The first-order chi connectivity index (χ1) is 9.24. The van der Waals surface area contributed by atoms with Crippen molar-refractivity contribution in [1.29, 1.82) is 0 Å². The molecule has 0 amide bonds. The van der Waals surface area contributed by atoms with E-state index in [4.69, 9.17) is 4.52 Å². The van der Waals surface area contributed by atoms with E-state index < -0.39 is 0 Å². The Labute approximate surface area is 111 Å². The summed E-state index contributed by atoms with van der Waals surface area (Å²) in [5, 5.41) is 3.88. The van der Waals surface area contributed by atoms with Crippen LogP contribution in [0.3, 0.4) is 0 Å². The Morgan fingerprint density at radius 3 is 3.00 bits per heavy atom. The second kappa shape index (κ2) is 4.99. The van der Waals surface area contributed by atoms with Crippen molar-refractivity contribution in [2.24, 2.45) is 5.92 Å². The highest BCUT2D eigenvalue weighted by molar-refractivity contribution is 5.56. The van der Waals surface area contributed by atoms with E-state index in [1.807, 2.05) is 0 Å². The van der Waals surface area contributed by atoms with Gasteiger partial charge in [-0.3, -0.25) is 0 Å². The molecule has 3 rings (SSSR count). The summed E-state index contributed by atoms with van der Waals surface area (Å²) in [5.74, 6) is 0.603. The lowest BCUT2D eigenvalue weighted by Gasteiger charge is -2.28. The smallest absolute Gasteiger partial charge is 0.324 e. The molecule has 0 saturated carbocycles. The number of anilines is 1. The normalized spacial score (nSPS) is 19.7. The van der Waals surface area contributed by atoms with Crippen LogP contribution in [0.25, 0.3) is 11.4 Å². The van der Waals surface area contributed by atoms with Crippen LogP contribution in [0.5, 0.6) is 0 Å². The zero-order valence-electron chi connectivity index (χ0n) is 10.8. The van der Waals surface area contributed by atoms with Crippen LogP contribution in [-0.4, -0.2) is 23.2 Å². The van der Waals surface area contributed by atoms with E-state index >= 15 is 0 Å². The van der Waals surface area contributed by atoms with Crippen LogP contribution in [0, 0.1) is 11.7 Å². The van der Waals surface area contributed by atoms with Gasteiger partial charge in [-0.1, -0.05) is 24.2 Å². The Morgan fingerprint density at radius 1 is 1.37 bits per heavy atom. The van der Waals surface area contributed by atoms with E-state index in [9.17, 15) is 4.39 Å². The van der Waals surface area contributed by atoms with Gasteiger partial charge in [0.1, 0.15) is 5.82 Å². The first-order valence-electron chi connectivity index (χ1n) is 6.57. The van der Waals surface area contributed by atoms with Gasteiger partial charge in [-0.15, -0.1) is 0 Å². The molecule has 1 aromatic carbocycles. The topological polar surface area (TPSA) is 42.2 Å². The SMILES string of the molecule is CC1CCCN(c2nc(-c3ccccc3F)no2)C1. The zero-order chi connectivity index (χ0) is 13.2. The van der Waals surface area contributed by atoms with Crippen molar-refractivity contribution in [3.8, 4) is 11.4 Å². The molecule has 0 aliphatic carbocycles. The fraction of sp³-hybridized carbons (Fsp3) is 0.429. The lowest BCUT2D eigenvalue weighted by molar-refractivity contribution is 0.376. The van der Waals surface area contributed by atoms with Crippen molar-refractivity contribution in [2.45, 2.75) is 19.8 Å². The Bertz CT molecular complexity index is 569. The average Bonchev–Trinajstić information content (AvgIpc) is 2.89. The van der Waals surface area contributed by atoms with Crippen molar-refractivity contribution in [1.82, 2.24) is 10.1 Å². The van der Waals surface area contributed by atoms with E-state index in [2.05, 4.69) is 22.0 Å². The predicted octanol–water partition coefficient (Wildman–Crippen LogP) is 3.11. The first-order valence-corrected chi connectivity index (χ1v) is 6.57. The van der Waals surface area contributed by atoms with Crippen LogP contribution >= 0.6 is 0 Å². The molecule has 1 aromatic heterocycles. The monoisotopic (exact) mass is 261 g/mol. The third-order valence-electron chi connectivity index (χ3n) is 3.46. The van der Waals surface area contributed by atoms with E-state index in [-0.39, 0.29) is 5.82 Å². The Balaban J connectivity index is 1.85. The summed E-state index contributed by atoms with van der Waals surface area (Å²) in [4.78, 5) is 6.38. The highest BCUT2D eigenvalue weighted by atomic mass is 19.1. The summed E-state index contributed by atoms with van der Waals surface area (Å²) in [6.45, 7) is 4.04. The lowest BCUT2D eigenvalue weighted by Crippen LogP contribution is -2.34. The fourth-order valence-electron chi connectivity index (χ4n) is 2.46. The molecule has 1 unspecified atom stereocenters. The summed E-state index contributed by atoms with van der Waals surface area (Å²) >= 11 is 0. The average molecular weight is 261 g/mol. The molecule has 0 bridgehead atoms. The number of hydrogen-bond acceptors (Lipinski definition) is 4. The lowest BCUT2D eigenvalue weighted by atomic mass is 10.0. The highest BCUT2D eigenvalue weighted by Gasteiger charge is 2.22. The fourth-order valence-corrected chi connectivity index (χ4v) is 2.46. The largest absolute Gasteiger partial charge is 0.324 e. The highest BCUT2D eigenvalue weighted by Crippen LogP contribution is 2.25. The van der Waals surface area contributed by atoms with Crippen molar-refractivity contribution < 1.29 is 8.91 Å². The molecule has 5 heteroatoms. The number of halogens is 1. The van der Waals surface area contributed by atoms with E-state index in [0.717, 1.165) is 19.5 Å². The number of piperidine rings is 1. The molecule has 1 atom stereocenters. The summed E-state index contributed by atoms with van der Waals surface area (Å²) in [5.41, 5.74) is 0.377. The quantitative estimate of drug-likeness (QED) is 0.833. The molecule has 1 aliphatic heterocycles. The maximum absolute atomic E-state index is 13.7. The van der Waals surface area contributed by atoms with Gasteiger partial charge in [0.25, 0.3) is 0 Å². The summed E-state index contributed by atoms with van der Waals surface area (Å²) in [7, 11) is 0. The minimum Gasteiger partial charge on any atom is -0.324 e. The van der Waals surface area contributed by atoms with Gasteiger partial charge < -0.3 is 9.42 Å². The number of nitrogens with zero attached hydrogens (tertiary/aromatic N) is 3. The third-order valence-corrected chi connectivity index (χ3v) is 3.46. The van der Waals surface area contributed by atoms with Crippen molar-refractivity contribution in [3.63, 3.8) is 0 Å². The van der Waals surface area contributed by atoms with Crippen LogP contribution in [0.1, 0.15) is 19.8 Å². The van der Waals surface area contributed by atoms with Gasteiger partial charge in [0.2, 0.25) is 5.82 Å². The summed E-state index contributed by atoms with van der Waals surface area (Å²) < 4.78 is 18.9. The second-order valence-electron chi connectivity index (χ2n) is 5.07. The molecule has 1 fully saturated rings. The number of benzene rings is 1. The number of hydrogen-bond donors (Lipinski definition) is 0. The Kier molecular flexibility index (Phi) is 3.19. The van der Waals surface area contributed by atoms with Gasteiger partial charge >= 0.3 is 6.01 Å². The molecule has 0 N–H and O–H groups in total. The first kappa shape index (κ1) is 12.1. The predicted molar refractivity (Wildman–Crippen MR) is 70.3 cm³/mol. The van der Waals surface area contributed by atoms with Crippen LogP contribution in [0.4, 0.5) is 10.4 Å². The molecule has 0 radical (unpaired) electrons. The van der Waals surface area contributed by atoms with Gasteiger partial charge in [-0.05, 0) is 30.9 Å². The van der Waals surface area contributed by atoms with E-state index in [1.165, 1.54) is 12.5 Å². The van der Waals surface area contributed by atoms with E-state index in [0.29, 0.717) is 23.3 Å². The van der Waals surface area contributed by atoms with Crippen LogP contribution in [0.2, 0.25) is 0 Å². The molecule has 1 saturated heterocycles. The molecule has 1 aliphatic rings. The maximum Gasteiger partial charge on any atom is 0.324 e. The number of aromatic nitrogens is 2. The molecular weight excluding hydrogens is 245 g/mol. The third kappa shape index (κ3) is 2.45. The molecule has 19 heavy (non-hydrogen) atoms. The molecule has 2 aromatic rings. The van der Waals surface area contributed by atoms with E-state index in [1.54, 1.807) is 18.2 Å². The second-order valence-corrected chi connectivity index (χ2v) is 5.07. The van der Waals surface area contributed by atoms with Crippen molar-refractivity contribution in [2.75, 3.05) is 18.0 Å². The summed E-state index contributed by atoms with van der Waals surface area (Å²) in [6, 6.07) is 6.95. The van der Waals surface area contributed by atoms with Gasteiger partial charge in [-0.2, -0.15) is 4.98 Å². The maximum atomic E-state index is 13.7. The molecular formula is C14H16FN3O. The van der Waals surface area contributed by atoms with Crippen LogP contribution in [-0.2, 0) is 0 Å². The standard InChI is InChI=1S/C14H16FN3O/c1-10-5-4-8-18(9-10)14-16-13(17-19-14)11-6-2-3-7-12(11)15/h2-3,6-7,10H,4-5,8-9H2,1H3. The Morgan fingerprint density at radius 2 is 2.21 bits per heavy atom. The molecule has 0 spiro atoms. The van der Waals surface area contributed by atoms with Gasteiger partial charge in [0.15, 0.2) is 0 Å². The minimum absolute atomic E-state index is 0.311. The van der Waals surface area contributed by atoms with Crippen LogP contribution < -0.4 is 4.90 Å². The molecule has 4 nitrogen and oxygen atoms in total. The van der Waals surface area contributed by atoms with Crippen LogP contribution in [0.15, 0.2) is 28.8 Å². The summed E-state index contributed by atoms with van der Waals surface area (Å²) in [6.07, 6.45) is 2.35. The van der Waals surface area contributed by atoms with Crippen molar-refractivity contribution >= 4 is 6.01 Å². The number of rotatable bonds is 2. The minimum atomic E-state index is -0.332. The Hall–Kier alpha value is -1.91. The van der Waals surface area contributed by atoms with Gasteiger partial charge in [-0.25, -0.2) is 4.39 Å². The molecule has 100 valence electrons. The molecule has 2 heterocycles. The van der Waals surface area contributed by atoms with Gasteiger partial charge in [0, 0.05) is 13.1 Å². The zero-order valence-corrected chi connectivity index (χ0v) is 10.8. The van der Waals surface area contributed by atoms with Gasteiger partial charge in [0.05, 0.1) is 5.56 Å². The van der Waals surface area contributed by atoms with Crippen molar-refractivity contribution in [3.05, 3.63) is 30.1 Å².